The van der Waals surface area contributed by atoms with E-state index in [1.54, 1.807) is 6.92 Å². The highest BCUT2D eigenvalue weighted by atomic mass is 16.4. The number of carbonyl (C=O) groups excluding carboxylic acids is 1. The smallest absolute Gasteiger partial charge is 0.329 e. The number of nitrogens with one attached hydrogen (secondary N) is 1. The summed E-state index contributed by atoms with van der Waals surface area (Å²) in [5.74, 6) is -0.911. The molecule has 0 bridgehead atoms. The van der Waals surface area contributed by atoms with Crippen molar-refractivity contribution in [1.29, 1.82) is 0 Å². The van der Waals surface area contributed by atoms with Crippen molar-refractivity contribution in [1.82, 2.24) is 10.2 Å². The highest BCUT2D eigenvalue weighted by molar-refractivity contribution is 5.86. The summed E-state index contributed by atoms with van der Waals surface area (Å²) >= 11 is 0. The summed E-state index contributed by atoms with van der Waals surface area (Å²) < 4.78 is 0. The first-order chi connectivity index (χ1) is 9.41. The number of hydrogen-bond donors (Lipinski definition) is 2. The maximum atomic E-state index is 12.3. The number of urea groups is 1. The van der Waals surface area contributed by atoms with Crippen LogP contribution in [0.4, 0.5) is 4.79 Å². The van der Waals surface area contributed by atoms with Crippen LogP contribution in [0, 0.1) is 0 Å². The molecule has 116 valence electrons. The van der Waals surface area contributed by atoms with Crippen LogP contribution in [0.3, 0.4) is 0 Å². The Balaban J connectivity index is 2.58. The monoisotopic (exact) mass is 284 g/mol. The number of carbonyl (C=O) groups is 2. The molecule has 0 aromatic rings. The Morgan fingerprint density at radius 1 is 1.35 bits per heavy atom. The van der Waals surface area contributed by atoms with Gasteiger partial charge in [-0.1, -0.05) is 26.2 Å². The molecule has 0 saturated carbocycles. The molecule has 0 radical (unpaired) electrons. The van der Waals surface area contributed by atoms with Gasteiger partial charge in [0.2, 0.25) is 0 Å². The molecule has 1 rings (SSSR count). The molecule has 20 heavy (non-hydrogen) atoms. The molecule has 2 atom stereocenters. The van der Waals surface area contributed by atoms with Gasteiger partial charge in [0.25, 0.3) is 0 Å². The van der Waals surface area contributed by atoms with Crippen LogP contribution < -0.4 is 5.32 Å². The second-order valence-electron chi connectivity index (χ2n) is 6.03. The number of carboxylic acid groups (broad SMARTS) is 1. The Kier molecular flexibility index (Phi) is 6.30. The lowest BCUT2D eigenvalue weighted by atomic mass is 9.89. The van der Waals surface area contributed by atoms with E-state index in [0.717, 1.165) is 38.5 Å². The third-order valence-electron chi connectivity index (χ3n) is 4.21. The van der Waals surface area contributed by atoms with Crippen molar-refractivity contribution in [2.45, 2.75) is 77.3 Å². The van der Waals surface area contributed by atoms with E-state index in [9.17, 15) is 14.7 Å². The second kappa shape index (κ2) is 7.50. The van der Waals surface area contributed by atoms with Crippen molar-refractivity contribution in [3.8, 4) is 0 Å². The van der Waals surface area contributed by atoms with Gasteiger partial charge < -0.3 is 15.3 Å². The number of unbranched alkanes of at least 4 members (excludes halogenated alkanes) is 2. The Labute approximate surface area is 121 Å². The molecule has 0 aromatic carbocycles. The first kappa shape index (κ1) is 16.8. The molecule has 0 aromatic heterocycles. The largest absolute Gasteiger partial charge is 0.480 e. The summed E-state index contributed by atoms with van der Waals surface area (Å²) in [7, 11) is 0. The molecule has 2 unspecified atom stereocenters. The molecule has 1 aliphatic heterocycles. The molecule has 0 aliphatic carbocycles. The first-order valence-electron chi connectivity index (χ1n) is 7.73. The van der Waals surface area contributed by atoms with E-state index >= 15 is 0 Å². The molecule has 5 heteroatoms. The van der Waals surface area contributed by atoms with Gasteiger partial charge in [-0.2, -0.15) is 0 Å². The standard InChI is InChI=1S/C15H28N2O3/c1-4-5-6-9-12(2)16-14(20)17-11-8-7-10-15(17,3)13(18)19/h12H,4-11H2,1-3H3,(H,16,20)(H,18,19). The summed E-state index contributed by atoms with van der Waals surface area (Å²) in [4.78, 5) is 25.3. The number of piperidine rings is 1. The molecule has 2 amide bonds. The van der Waals surface area contributed by atoms with E-state index in [1.807, 2.05) is 6.92 Å². The van der Waals surface area contributed by atoms with E-state index in [0.29, 0.717) is 13.0 Å². The van der Waals surface area contributed by atoms with Crippen LogP contribution in [0.1, 0.15) is 65.7 Å². The van der Waals surface area contributed by atoms with Crippen LogP contribution >= 0.6 is 0 Å². The predicted octanol–water partition coefficient (Wildman–Crippen LogP) is 2.99. The first-order valence-corrected chi connectivity index (χ1v) is 7.73. The van der Waals surface area contributed by atoms with E-state index in [-0.39, 0.29) is 12.1 Å². The normalized spacial score (nSPS) is 24.2. The molecule has 1 saturated heterocycles. The number of aliphatic carboxylic acids is 1. The number of amides is 2. The molecule has 1 aliphatic rings. The summed E-state index contributed by atoms with van der Waals surface area (Å²) in [6, 6.07) is -0.146. The number of hydrogen-bond acceptors (Lipinski definition) is 2. The van der Waals surface area contributed by atoms with E-state index in [2.05, 4.69) is 12.2 Å². The Morgan fingerprint density at radius 3 is 2.65 bits per heavy atom. The van der Waals surface area contributed by atoms with Gasteiger partial charge in [0.15, 0.2) is 0 Å². The second-order valence-corrected chi connectivity index (χ2v) is 6.03. The van der Waals surface area contributed by atoms with Crippen molar-refractivity contribution in [3.63, 3.8) is 0 Å². The number of likely N-dealkylation sites (tertiary alicyclic amines) is 1. The zero-order valence-corrected chi connectivity index (χ0v) is 12.9. The zero-order chi connectivity index (χ0) is 15.2. The minimum atomic E-state index is -1.06. The van der Waals surface area contributed by atoms with Crippen molar-refractivity contribution < 1.29 is 14.7 Å². The summed E-state index contributed by atoms with van der Waals surface area (Å²) in [5, 5.41) is 12.3. The van der Waals surface area contributed by atoms with Crippen molar-refractivity contribution >= 4 is 12.0 Å². The lowest BCUT2D eigenvalue weighted by Crippen LogP contribution is -2.60. The van der Waals surface area contributed by atoms with E-state index in [4.69, 9.17) is 0 Å². The Hall–Kier alpha value is -1.26. The van der Waals surface area contributed by atoms with Gasteiger partial charge in [-0.25, -0.2) is 9.59 Å². The molecular formula is C15H28N2O3. The van der Waals surface area contributed by atoms with E-state index < -0.39 is 11.5 Å². The van der Waals surface area contributed by atoms with Crippen LogP contribution in [0.5, 0.6) is 0 Å². The SMILES string of the molecule is CCCCCC(C)NC(=O)N1CCCCC1(C)C(=O)O. The van der Waals surface area contributed by atoms with Crippen molar-refractivity contribution in [2.75, 3.05) is 6.54 Å². The summed E-state index contributed by atoms with van der Waals surface area (Å²) in [5.41, 5.74) is -1.06. The molecule has 5 nitrogen and oxygen atoms in total. The summed E-state index contributed by atoms with van der Waals surface area (Å²) in [6.45, 7) is 6.30. The number of nitrogens with zero attached hydrogens (tertiary/aromatic N) is 1. The topological polar surface area (TPSA) is 69.6 Å². The van der Waals surface area contributed by atoms with Crippen LogP contribution in [0.2, 0.25) is 0 Å². The van der Waals surface area contributed by atoms with Gasteiger partial charge in [0.05, 0.1) is 0 Å². The number of rotatable bonds is 6. The Morgan fingerprint density at radius 2 is 2.05 bits per heavy atom. The quantitative estimate of drug-likeness (QED) is 0.737. The van der Waals surface area contributed by atoms with Crippen LogP contribution in [-0.4, -0.2) is 40.1 Å². The zero-order valence-electron chi connectivity index (χ0n) is 12.9. The Bertz CT molecular complexity index is 346. The molecule has 1 fully saturated rings. The fraction of sp³-hybridized carbons (Fsp3) is 0.867. The average Bonchev–Trinajstić information content (AvgIpc) is 2.39. The lowest BCUT2D eigenvalue weighted by molar-refractivity contribution is -0.150. The van der Waals surface area contributed by atoms with E-state index in [1.165, 1.54) is 4.90 Å². The molecule has 1 heterocycles. The van der Waals surface area contributed by atoms with Crippen LogP contribution in [0.25, 0.3) is 0 Å². The van der Waals surface area contributed by atoms with Gasteiger partial charge in [-0.15, -0.1) is 0 Å². The maximum absolute atomic E-state index is 12.3. The molecule has 2 N–H and O–H groups in total. The van der Waals surface area contributed by atoms with Crippen molar-refractivity contribution in [3.05, 3.63) is 0 Å². The van der Waals surface area contributed by atoms with Crippen LogP contribution in [-0.2, 0) is 4.79 Å². The van der Waals surface area contributed by atoms with Gasteiger partial charge in [0.1, 0.15) is 5.54 Å². The third-order valence-corrected chi connectivity index (χ3v) is 4.21. The minimum Gasteiger partial charge on any atom is -0.480 e. The third kappa shape index (κ3) is 4.12. The fourth-order valence-corrected chi connectivity index (χ4v) is 2.73. The fourth-order valence-electron chi connectivity index (χ4n) is 2.73. The highest BCUT2D eigenvalue weighted by Crippen LogP contribution is 2.28. The van der Waals surface area contributed by atoms with Crippen LogP contribution in [0.15, 0.2) is 0 Å². The van der Waals surface area contributed by atoms with Gasteiger partial charge >= 0.3 is 12.0 Å². The molecule has 0 spiro atoms. The number of carboxylic acids is 1. The lowest BCUT2D eigenvalue weighted by Gasteiger charge is -2.41. The predicted molar refractivity (Wildman–Crippen MR) is 78.7 cm³/mol. The average molecular weight is 284 g/mol. The highest BCUT2D eigenvalue weighted by Gasteiger charge is 2.44. The molecular weight excluding hydrogens is 256 g/mol. The minimum absolute atomic E-state index is 0.0917. The summed E-state index contributed by atoms with van der Waals surface area (Å²) in [6.07, 6.45) is 6.62. The van der Waals surface area contributed by atoms with Crippen molar-refractivity contribution in [2.24, 2.45) is 0 Å². The maximum Gasteiger partial charge on any atom is 0.329 e. The van der Waals surface area contributed by atoms with Gasteiger partial charge in [-0.3, -0.25) is 0 Å². The van der Waals surface area contributed by atoms with Gasteiger partial charge in [-0.05, 0) is 39.5 Å². The van der Waals surface area contributed by atoms with Gasteiger partial charge in [0, 0.05) is 12.6 Å².